The Labute approximate surface area is 105 Å². The van der Waals surface area contributed by atoms with Crippen LogP contribution in [0.4, 0.5) is 0 Å². The quantitative estimate of drug-likeness (QED) is 0.662. The lowest BCUT2D eigenvalue weighted by molar-refractivity contribution is 0.248. The number of nitrogens with one attached hydrogen (secondary N) is 1. The summed E-state index contributed by atoms with van der Waals surface area (Å²) in [7, 11) is 2.09. The molecule has 1 fully saturated rings. The van der Waals surface area contributed by atoms with E-state index < -0.39 is 0 Å². The van der Waals surface area contributed by atoms with Gasteiger partial charge in [-0.1, -0.05) is 11.6 Å². The molecule has 2 heterocycles. The van der Waals surface area contributed by atoms with Crippen LogP contribution in [0.15, 0.2) is 6.20 Å². The van der Waals surface area contributed by atoms with Crippen molar-refractivity contribution in [2.45, 2.75) is 19.0 Å². The summed E-state index contributed by atoms with van der Waals surface area (Å²) in [6.45, 7) is 2.87. The van der Waals surface area contributed by atoms with Crippen molar-refractivity contribution in [3.8, 4) is 0 Å². The number of nitrogens with zero attached hydrogens (tertiary/aromatic N) is 3. The normalized spacial score (nSPS) is 20.6. The summed E-state index contributed by atoms with van der Waals surface area (Å²) in [5.41, 5.74) is 0.917. The molecule has 1 aromatic heterocycles. The SMILES string of the molecule is CN(Cc1cnc(Cl)nc1Cl)[C@@H]1CCNC1. The van der Waals surface area contributed by atoms with Gasteiger partial charge in [-0.25, -0.2) is 9.97 Å². The van der Waals surface area contributed by atoms with E-state index in [1.54, 1.807) is 6.20 Å². The van der Waals surface area contributed by atoms with Gasteiger partial charge in [-0.05, 0) is 31.6 Å². The monoisotopic (exact) mass is 260 g/mol. The molecule has 0 spiro atoms. The first-order valence-electron chi connectivity index (χ1n) is 5.24. The fourth-order valence-corrected chi connectivity index (χ4v) is 2.25. The number of likely N-dealkylation sites (N-methyl/N-ethyl adjacent to an activating group) is 1. The molecule has 0 unspecified atom stereocenters. The Hall–Kier alpha value is -0.420. The molecular formula is C10H14Cl2N4. The fraction of sp³-hybridized carbons (Fsp3) is 0.600. The molecule has 16 heavy (non-hydrogen) atoms. The van der Waals surface area contributed by atoms with Gasteiger partial charge in [-0.3, -0.25) is 4.90 Å². The highest BCUT2D eigenvalue weighted by molar-refractivity contribution is 6.32. The predicted octanol–water partition coefficient (Wildman–Crippen LogP) is 1.58. The third-order valence-corrected chi connectivity index (χ3v) is 3.37. The number of hydrogen-bond acceptors (Lipinski definition) is 4. The average Bonchev–Trinajstić information content (AvgIpc) is 2.75. The second kappa shape index (κ2) is 5.27. The zero-order valence-corrected chi connectivity index (χ0v) is 10.6. The van der Waals surface area contributed by atoms with Crippen LogP contribution in [0, 0.1) is 0 Å². The van der Waals surface area contributed by atoms with E-state index in [1.807, 2.05) is 0 Å². The summed E-state index contributed by atoms with van der Waals surface area (Å²) < 4.78 is 0. The number of halogens is 2. The van der Waals surface area contributed by atoms with Gasteiger partial charge in [0.15, 0.2) is 0 Å². The van der Waals surface area contributed by atoms with Crippen molar-refractivity contribution in [1.82, 2.24) is 20.2 Å². The molecular weight excluding hydrogens is 247 g/mol. The summed E-state index contributed by atoms with van der Waals surface area (Å²) in [6.07, 6.45) is 2.86. The van der Waals surface area contributed by atoms with Gasteiger partial charge in [0, 0.05) is 30.9 Å². The van der Waals surface area contributed by atoms with Crippen LogP contribution in [0.25, 0.3) is 0 Å². The van der Waals surface area contributed by atoms with Gasteiger partial charge in [0.05, 0.1) is 0 Å². The summed E-state index contributed by atoms with van der Waals surface area (Å²) in [6, 6.07) is 0.562. The summed E-state index contributed by atoms with van der Waals surface area (Å²) >= 11 is 11.7. The Morgan fingerprint density at radius 2 is 2.38 bits per heavy atom. The van der Waals surface area contributed by atoms with Gasteiger partial charge in [-0.15, -0.1) is 0 Å². The van der Waals surface area contributed by atoms with Crippen molar-refractivity contribution in [2.24, 2.45) is 0 Å². The van der Waals surface area contributed by atoms with E-state index in [-0.39, 0.29) is 5.28 Å². The topological polar surface area (TPSA) is 41.1 Å². The van der Waals surface area contributed by atoms with Crippen molar-refractivity contribution in [1.29, 1.82) is 0 Å². The van der Waals surface area contributed by atoms with E-state index in [0.29, 0.717) is 11.2 Å². The molecule has 1 aliphatic heterocycles. The van der Waals surface area contributed by atoms with Crippen LogP contribution in [-0.2, 0) is 6.54 Å². The van der Waals surface area contributed by atoms with Gasteiger partial charge in [0.25, 0.3) is 0 Å². The first-order chi connectivity index (χ1) is 7.66. The molecule has 1 atom stereocenters. The maximum atomic E-state index is 6.00. The molecule has 6 heteroatoms. The molecule has 0 radical (unpaired) electrons. The molecule has 4 nitrogen and oxygen atoms in total. The van der Waals surface area contributed by atoms with Crippen LogP contribution < -0.4 is 5.32 Å². The summed E-state index contributed by atoms with van der Waals surface area (Å²) in [5, 5.41) is 3.97. The van der Waals surface area contributed by atoms with E-state index >= 15 is 0 Å². The van der Waals surface area contributed by atoms with Crippen molar-refractivity contribution < 1.29 is 0 Å². The van der Waals surface area contributed by atoms with Gasteiger partial charge in [-0.2, -0.15) is 0 Å². The average molecular weight is 261 g/mol. The molecule has 2 rings (SSSR count). The van der Waals surface area contributed by atoms with E-state index in [9.17, 15) is 0 Å². The molecule has 0 aromatic carbocycles. The Morgan fingerprint density at radius 1 is 1.56 bits per heavy atom. The van der Waals surface area contributed by atoms with Gasteiger partial charge < -0.3 is 5.32 Å². The molecule has 1 aliphatic rings. The van der Waals surface area contributed by atoms with E-state index in [4.69, 9.17) is 23.2 Å². The molecule has 0 amide bonds. The second-order valence-corrected chi connectivity index (χ2v) is 4.71. The van der Waals surface area contributed by atoms with Gasteiger partial charge >= 0.3 is 0 Å². The molecule has 88 valence electrons. The Balaban J connectivity index is 2.02. The lowest BCUT2D eigenvalue weighted by Crippen LogP contribution is -2.33. The largest absolute Gasteiger partial charge is 0.315 e. The van der Waals surface area contributed by atoms with Gasteiger partial charge in [0.1, 0.15) is 5.15 Å². The van der Waals surface area contributed by atoms with Crippen LogP contribution in [0.1, 0.15) is 12.0 Å². The lowest BCUT2D eigenvalue weighted by atomic mass is 10.2. The zero-order chi connectivity index (χ0) is 11.5. The van der Waals surface area contributed by atoms with E-state index in [1.165, 1.54) is 6.42 Å². The van der Waals surface area contributed by atoms with Crippen molar-refractivity contribution in [3.63, 3.8) is 0 Å². The van der Waals surface area contributed by atoms with Crippen molar-refractivity contribution in [3.05, 3.63) is 22.2 Å². The van der Waals surface area contributed by atoms with E-state index in [0.717, 1.165) is 25.2 Å². The molecule has 1 aromatic rings. The maximum absolute atomic E-state index is 6.00. The Bertz CT molecular complexity index is 366. The molecule has 0 saturated carbocycles. The minimum absolute atomic E-state index is 0.193. The highest BCUT2D eigenvalue weighted by atomic mass is 35.5. The first-order valence-corrected chi connectivity index (χ1v) is 6.00. The van der Waals surface area contributed by atoms with Crippen molar-refractivity contribution in [2.75, 3.05) is 20.1 Å². The highest BCUT2D eigenvalue weighted by Gasteiger charge is 2.20. The van der Waals surface area contributed by atoms with Crippen LogP contribution in [0.3, 0.4) is 0 Å². The highest BCUT2D eigenvalue weighted by Crippen LogP contribution is 2.17. The Morgan fingerprint density at radius 3 is 3.00 bits per heavy atom. The second-order valence-electron chi connectivity index (χ2n) is 4.02. The maximum Gasteiger partial charge on any atom is 0.223 e. The molecule has 1 saturated heterocycles. The zero-order valence-electron chi connectivity index (χ0n) is 9.08. The number of hydrogen-bond donors (Lipinski definition) is 1. The van der Waals surface area contributed by atoms with Crippen LogP contribution >= 0.6 is 23.2 Å². The smallest absolute Gasteiger partial charge is 0.223 e. The van der Waals surface area contributed by atoms with Crippen molar-refractivity contribution >= 4 is 23.2 Å². The van der Waals surface area contributed by atoms with E-state index in [2.05, 4.69) is 27.2 Å². The molecule has 0 aliphatic carbocycles. The first kappa shape index (κ1) is 12.0. The minimum atomic E-state index is 0.193. The predicted molar refractivity (Wildman–Crippen MR) is 64.8 cm³/mol. The minimum Gasteiger partial charge on any atom is -0.315 e. The standard InChI is InChI=1S/C10H14Cl2N4/c1-16(8-2-3-13-5-8)6-7-4-14-10(12)15-9(7)11/h4,8,13H,2-3,5-6H2,1H3/t8-/m1/s1. The number of aromatic nitrogens is 2. The third kappa shape index (κ3) is 2.83. The third-order valence-electron chi connectivity index (χ3n) is 2.86. The molecule has 0 bridgehead atoms. The van der Waals surface area contributed by atoms with Crippen LogP contribution in [-0.4, -0.2) is 41.0 Å². The van der Waals surface area contributed by atoms with Crippen LogP contribution in [0.2, 0.25) is 10.4 Å². The fourth-order valence-electron chi connectivity index (χ4n) is 1.89. The lowest BCUT2D eigenvalue weighted by Gasteiger charge is -2.23. The number of rotatable bonds is 3. The Kier molecular flexibility index (Phi) is 3.97. The summed E-state index contributed by atoms with van der Waals surface area (Å²) in [5.74, 6) is 0. The molecule has 1 N–H and O–H groups in total. The van der Waals surface area contributed by atoms with Gasteiger partial charge in [0.2, 0.25) is 5.28 Å². The van der Waals surface area contributed by atoms with Crippen LogP contribution in [0.5, 0.6) is 0 Å². The summed E-state index contributed by atoms with van der Waals surface area (Å²) in [4.78, 5) is 10.1.